The molecule has 1 heterocycles. The summed E-state index contributed by atoms with van der Waals surface area (Å²) in [5.74, 6) is 0. The molecule has 0 saturated carbocycles. The van der Waals surface area contributed by atoms with E-state index in [4.69, 9.17) is 0 Å². The van der Waals surface area contributed by atoms with Crippen LogP contribution in [0.5, 0.6) is 0 Å². The second kappa shape index (κ2) is 15.8. The van der Waals surface area contributed by atoms with Gasteiger partial charge in [-0.05, 0) is 133 Å². The van der Waals surface area contributed by atoms with Crippen molar-refractivity contribution in [2.75, 3.05) is 4.90 Å². The van der Waals surface area contributed by atoms with E-state index in [-0.39, 0.29) is 0 Å². The Labute approximate surface area is 390 Å². The fourth-order valence-corrected chi connectivity index (χ4v) is 11.1. The molecule has 13 rings (SSSR count). The molecule has 11 aromatic carbocycles. The van der Waals surface area contributed by atoms with E-state index in [0.29, 0.717) is 0 Å². The minimum Gasteiger partial charge on any atom is -0.310 e. The number of benzene rings is 11. The van der Waals surface area contributed by atoms with Crippen LogP contribution in [0.3, 0.4) is 0 Å². The van der Waals surface area contributed by atoms with Crippen molar-refractivity contribution in [1.82, 2.24) is 4.57 Å². The minimum absolute atomic E-state index is 0.537. The van der Waals surface area contributed by atoms with Crippen LogP contribution in [-0.2, 0) is 5.41 Å². The molecule has 0 N–H and O–H groups in total. The van der Waals surface area contributed by atoms with Crippen LogP contribution in [0.1, 0.15) is 33.4 Å². The quantitative estimate of drug-likeness (QED) is 0.104. The number of rotatable bonds is 9. The maximum absolute atomic E-state index is 2.45. The van der Waals surface area contributed by atoms with Crippen molar-refractivity contribution in [3.05, 3.63) is 288 Å². The van der Waals surface area contributed by atoms with Gasteiger partial charge in [-0.15, -0.1) is 0 Å². The summed E-state index contributed by atoms with van der Waals surface area (Å²) in [6.45, 7) is 0. The summed E-state index contributed by atoms with van der Waals surface area (Å²) in [6, 6.07) is 93.3. The van der Waals surface area contributed by atoms with Gasteiger partial charge in [0.05, 0.1) is 16.4 Å². The lowest BCUT2D eigenvalue weighted by Gasteiger charge is -2.34. The summed E-state index contributed by atoms with van der Waals surface area (Å²) in [5, 5.41) is 5.11. The Morgan fingerprint density at radius 2 is 0.985 bits per heavy atom. The molecule has 67 heavy (non-hydrogen) atoms. The predicted octanol–water partition coefficient (Wildman–Crippen LogP) is 17.0. The molecule has 1 aliphatic carbocycles. The standard InChI is InChI=1S/C65H44N2/c1-6-17-46(18-7-1)47-32-36-54(37-33-47)67-61-28-16-19-49-34-40-56-48(35-42-62(67)64(56)63(49)61)31-29-45-30-39-57-58-44-55(66(52-24-12-4-13-25-52)53-26-14-5-15-27-53)38-41-59(58)65(60(57)43-45,50-20-8-2-9-21-50)51-22-10-3-11-23-51/h1-44H. The van der Waals surface area contributed by atoms with Gasteiger partial charge in [0.1, 0.15) is 0 Å². The van der Waals surface area contributed by atoms with E-state index in [1.807, 2.05) is 0 Å². The molecular formula is C65H44N2. The van der Waals surface area contributed by atoms with Gasteiger partial charge >= 0.3 is 0 Å². The van der Waals surface area contributed by atoms with Crippen molar-refractivity contribution in [1.29, 1.82) is 0 Å². The van der Waals surface area contributed by atoms with Crippen molar-refractivity contribution in [2.45, 2.75) is 5.41 Å². The Morgan fingerprint density at radius 3 is 1.66 bits per heavy atom. The van der Waals surface area contributed by atoms with Crippen LogP contribution in [0.2, 0.25) is 0 Å². The largest absolute Gasteiger partial charge is 0.310 e. The van der Waals surface area contributed by atoms with Crippen LogP contribution in [0.25, 0.3) is 72.7 Å². The molecule has 2 heteroatoms. The Balaban J connectivity index is 0.957. The zero-order valence-corrected chi connectivity index (χ0v) is 36.8. The van der Waals surface area contributed by atoms with Gasteiger partial charge in [-0.3, -0.25) is 0 Å². The SMILES string of the molecule is C(=Cc1ccc2c3c1ccc1cccc(c13)n2-c1ccc(-c2ccccc2)cc1)c1ccc2c(c1)C(c1ccccc1)(c1ccccc1)c1ccc(N(c3ccccc3)c3ccccc3)cc1-2. The Kier molecular flexibility index (Phi) is 9.11. The molecule has 0 amide bonds. The molecule has 0 saturated heterocycles. The van der Waals surface area contributed by atoms with Crippen molar-refractivity contribution in [3.63, 3.8) is 0 Å². The monoisotopic (exact) mass is 852 g/mol. The van der Waals surface area contributed by atoms with Crippen molar-refractivity contribution < 1.29 is 0 Å². The second-order valence-electron chi connectivity index (χ2n) is 17.6. The summed E-state index contributed by atoms with van der Waals surface area (Å²) in [4.78, 5) is 2.36. The average Bonchev–Trinajstić information content (AvgIpc) is 3.90. The molecule has 0 aliphatic heterocycles. The summed E-state index contributed by atoms with van der Waals surface area (Å²) in [6.07, 6.45) is 4.63. The number of para-hydroxylation sites is 2. The third-order valence-electron chi connectivity index (χ3n) is 14.0. The highest BCUT2D eigenvalue weighted by Gasteiger charge is 2.46. The lowest BCUT2D eigenvalue weighted by Crippen LogP contribution is -2.28. The number of anilines is 3. The normalized spacial score (nSPS) is 12.8. The highest BCUT2D eigenvalue weighted by molar-refractivity contribution is 6.25. The van der Waals surface area contributed by atoms with Gasteiger partial charge in [-0.25, -0.2) is 0 Å². The first-order valence-electron chi connectivity index (χ1n) is 23.2. The van der Waals surface area contributed by atoms with Crippen LogP contribution in [0.4, 0.5) is 17.1 Å². The van der Waals surface area contributed by atoms with Gasteiger partial charge in [0, 0.05) is 33.5 Å². The maximum atomic E-state index is 2.45. The summed E-state index contributed by atoms with van der Waals surface area (Å²) in [7, 11) is 0. The third kappa shape index (κ3) is 6.18. The fraction of sp³-hybridized carbons (Fsp3) is 0.0154. The highest BCUT2D eigenvalue weighted by atomic mass is 15.1. The Bertz CT molecular complexity index is 3680. The molecular weight excluding hydrogens is 809 g/mol. The first kappa shape index (κ1) is 38.7. The molecule has 314 valence electrons. The van der Waals surface area contributed by atoms with E-state index in [1.165, 1.54) is 82.6 Å². The fourth-order valence-electron chi connectivity index (χ4n) is 11.1. The molecule has 1 aromatic heterocycles. The van der Waals surface area contributed by atoms with Crippen LogP contribution in [-0.4, -0.2) is 4.57 Å². The van der Waals surface area contributed by atoms with Crippen LogP contribution >= 0.6 is 0 Å². The highest BCUT2D eigenvalue weighted by Crippen LogP contribution is 2.57. The molecule has 0 fully saturated rings. The van der Waals surface area contributed by atoms with E-state index in [0.717, 1.165) is 28.3 Å². The number of hydrogen-bond acceptors (Lipinski definition) is 1. The average molecular weight is 853 g/mol. The van der Waals surface area contributed by atoms with Crippen LogP contribution in [0.15, 0.2) is 255 Å². The maximum Gasteiger partial charge on any atom is 0.0713 e. The molecule has 0 bridgehead atoms. The first-order chi connectivity index (χ1) is 33.2. The topological polar surface area (TPSA) is 8.17 Å². The van der Waals surface area contributed by atoms with E-state index >= 15 is 0 Å². The third-order valence-corrected chi connectivity index (χ3v) is 14.0. The van der Waals surface area contributed by atoms with E-state index in [9.17, 15) is 0 Å². The number of hydrogen-bond donors (Lipinski definition) is 0. The van der Waals surface area contributed by atoms with E-state index in [2.05, 4.69) is 276 Å². The number of fused-ring (bicyclic) bond motifs is 3. The van der Waals surface area contributed by atoms with Crippen molar-refractivity contribution >= 4 is 61.8 Å². The molecule has 0 radical (unpaired) electrons. The van der Waals surface area contributed by atoms with Crippen LogP contribution < -0.4 is 4.90 Å². The second-order valence-corrected chi connectivity index (χ2v) is 17.6. The molecule has 1 aliphatic rings. The zero-order chi connectivity index (χ0) is 44.3. The van der Waals surface area contributed by atoms with Crippen molar-refractivity contribution in [2.24, 2.45) is 0 Å². The Hall–Kier alpha value is -8.72. The lowest BCUT2D eigenvalue weighted by molar-refractivity contribution is 0.768. The summed E-state index contributed by atoms with van der Waals surface area (Å²) < 4.78 is 2.43. The van der Waals surface area contributed by atoms with Crippen molar-refractivity contribution in [3.8, 4) is 27.9 Å². The predicted molar refractivity (Wildman–Crippen MR) is 282 cm³/mol. The van der Waals surface area contributed by atoms with E-state index < -0.39 is 5.41 Å². The van der Waals surface area contributed by atoms with Gasteiger partial charge in [0.15, 0.2) is 0 Å². The lowest BCUT2D eigenvalue weighted by atomic mass is 9.67. The van der Waals surface area contributed by atoms with Gasteiger partial charge in [-0.1, -0.05) is 200 Å². The van der Waals surface area contributed by atoms with Gasteiger partial charge in [0.2, 0.25) is 0 Å². The molecule has 0 unspecified atom stereocenters. The molecule has 2 nitrogen and oxygen atoms in total. The Morgan fingerprint density at radius 1 is 0.373 bits per heavy atom. The smallest absolute Gasteiger partial charge is 0.0713 e. The minimum atomic E-state index is -0.537. The number of aromatic nitrogens is 1. The van der Waals surface area contributed by atoms with Gasteiger partial charge < -0.3 is 9.47 Å². The molecule has 12 aromatic rings. The molecule has 0 spiro atoms. The summed E-state index contributed by atoms with van der Waals surface area (Å²) >= 11 is 0. The van der Waals surface area contributed by atoms with Gasteiger partial charge in [0.25, 0.3) is 0 Å². The number of nitrogens with zero attached hydrogens (tertiary/aromatic N) is 2. The first-order valence-corrected chi connectivity index (χ1v) is 23.2. The van der Waals surface area contributed by atoms with E-state index in [1.54, 1.807) is 0 Å². The zero-order valence-electron chi connectivity index (χ0n) is 36.8. The summed E-state index contributed by atoms with van der Waals surface area (Å²) in [5.41, 5.74) is 18.8. The molecule has 0 atom stereocenters. The van der Waals surface area contributed by atoms with Crippen LogP contribution in [0, 0.1) is 0 Å². The van der Waals surface area contributed by atoms with Gasteiger partial charge in [-0.2, -0.15) is 0 Å².